The summed E-state index contributed by atoms with van der Waals surface area (Å²) in [6.07, 6.45) is 3.42. The van der Waals surface area contributed by atoms with Gasteiger partial charge in [0.15, 0.2) is 0 Å². The number of ether oxygens (including phenoxy) is 2. The Kier molecular flexibility index (Phi) is 12.1. The van der Waals surface area contributed by atoms with Crippen LogP contribution in [0.3, 0.4) is 0 Å². The van der Waals surface area contributed by atoms with Crippen LogP contribution in [0.4, 0.5) is 10.5 Å². The zero-order valence-electron chi connectivity index (χ0n) is 23.2. The quantitative estimate of drug-likeness (QED) is 0.197. The summed E-state index contributed by atoms with van der Waals surface area (Å²) in [5.41, 5.74) is 6.16. The fraction of sp³-hybridized carbons (Fsp3) is 0.258. The molecular weight excluding hydrogens is 540 g/mol. The number of nitrogens with two attached hydrogens (primary N) is 1. The smallest absolute Gasteiger partial charge is 0.412 e. The van der Waals surface area contributed by atoms with Crippen LogP contribution < -0.4 is 21.9 Å². The molecule has 0 bridgehead atoms. The Labute approximate surface area is 243 Å². The Hall–Kier alpha value is -5.19. The molecule has 3 rings (SSSR count). The molecule has 0 saturated carbocycles. The highest BCUT2D eigenvalue weighted by Crippen LogP contribution is 2.16. The lowest BCUT2D eigenvalue weighted by Gasteiger charge is -2.23. The third kappa shape index (κ3) is 10.1. The lowest BCUT2D eigenvalue weighted by molar-refractivity contribution is -0.137. The van der Waals surface area contributed by atoms with E-state index in [1.165, 1.54) is 35.0 Å². The molecule has 11 nitrogen and oxygen atoms in total. The standard InChI is InChI=1S/C31H34N4O7/c1-2-41-28(37)18-16-24(15-17-27(32)36)33-29(38)26(20-22-10-5-3-6-11-22)35-19-9-14-25(30(35)39)34-31(40)42-21-23-12-7-4-8-13-23/h3-14,16,18-19,24,26H,2,15,17,20-21H2,1H3,(H2,32,36)(H,33,38)(H,34,40)/t24-,26-/m0/s1. The summed E-state index contributed by atoms with van der Waals surface area (Å²) in [7, 11) is 0. The molecule has 3 amide bonds. The van der Waals surface area contributed by atoms with E-state index in [9.17, 15) is 24.0 Å². The van der Waals surface area contributed by atoms with E-state index in [-0.39, 0.29) is 38.2 Å². The van der Waals surface area contributed by atoms with Crippen molar-refractivity contribution in [2.75, 3.05) is 11.9 Å². The minimum Gasteiger partial charge on any atom is -0.463 e. The average molecular weight is 575 g/mol. The van der Waals surface area contributed by atoms with Crippen molar-refractivity contribution in [2.45, 2.75) is 44.9 Å². The van der Waals surface area contributed by atoms with E-state index in [0.29, 0.717) is 0 Å². The van der Waals surface area contributed by atoms with Crippen molar-refractivity contribution in [3.8, 4) is 0 Å². The Morgan fingerprint density at radius 1 is 0.929 bits per heavy atom. The largest absolute Gasteiger partial charge is 0.463 e. The highest BCUT2D eigenvalue weighted by molar-refractivity contribution is 5.85. The number of hydrogen-bond donors (Lipinski definition) is 3. The molecule has 2 aromatic carbocycles. The minimum atomic E-state index is -1.05. The fourth-order valence-electron chi connectivity index (χ4n) is 4.05. The number of nitrogens with zero attached hydrogens (tertiary/aromatic N) is 1. The molecular formula is C31H34N4O7. The van der Waals surface area contributed by atoms with Crippen LogP contribution in [0.1, 0.15) is 36.9 Å². The number of hydrogen-bond acceptors (Lipinski definition) is 7. The van der Waals surface area contributed by atoms with Crippen LogP contribution in [0.2, 0.25) is 0 Å². The molecule has 0 unspecified atom stereocenters. The van der Waals surface area contributed by atoms with Crippen molar-refractivity contribution in [1.82, 2.24) is 9.88 Å². The first-order chi connectivity index (χ1) is 20.3. The molecule has 2 atom stereocenters. The highest BCUT2D eigenvalue weighted by atomic mass is 16.5. The summed E-state index contributed by atoms with van der Waals surface area (Å²) in [5.74, 6) is -1.73. The summed E-state index contributed by atoms with van der Waals surface area (Å²) in [6.45, 7) is 1.85. The third-order valence-corrected chi connectivity index (χ3v) is 6.11. The number of carbonyl (C=O) groups is 4. The minimum absolute atomic E-state index is 0.0126. The molecule has 3 aromatic rings. The monoisotopic (exact) mass is 574 g/mol. The number of benzene rings is 2. The predicted octanol–water partition coefficient (Wildman–Crippen LogP) is 3.25. The second kappa shape index (κ2) is 16.2. The van der Waals surface area contributed by atoms with Crippen LogP contribution in [-0.2, 0) is 36.9 Å². The summed E-state index contributed by atoms with van der Waals surface area (Å²) in [4.78, 5) is 62.9. The van der Waals surface area contributed by atoms with Crippen LogP contribution in [0.15, 0.2) is 95.9 Å². The number of primary amides is 1. The number of esters is 1. The number of aromatic nitrogens is 1. The number of carbonyl (C=O) groups excluding carboxylic acids is 4. The van der Waals surface area contributed by atoms with Crippen LogP contribution in [0.5, 0.6) is 0 Å². The molecule has 42 heavy (non-hydrogen) atoms. The maximum atomic E-state index is 13.7. The van der Waals surface area contributed by atoms with Gasteiger partial charge in [0, 0.05) is 31.2 Å². The van der Waals surface area contributed by atoms with Crippen LogP contribution >= 0.6 is 0 Å². The topological polar surface area (TPSA) is 159 Å². The van der Waals surface area contributed by atoms with Crippen LogP contribution in [0.25, 0.3) is 0 Å². The molecule has 0 radical (unpaired) electrons. The number of nitrogens with one attached hydrogen (secondary N) is 2. The van der Waals surface area contributed by atoms with E-state index in [1.54, 1.807) is 19.1 Å². The first-order valence-corrected chi connectivity index (χ1v) is 13.4. The van der Waals surface area contributed by atoms with Gasteiger partial charge in [-0.25, -0.2) is 9.59 Å². The molecule has 0 spiro atoms. The molecule has 220 valence electrons. The van der Waals surface area contributed by atoms with Gasteiger partial charge in [-0.2, -0.15) is 0 Å². The maximum absolute atomic E-state index is 13.7. The first-order valence-electron chi connectivity index (χ1n) is 13.4. The Bertz CT molecular complexity index is 1440. The average Bonchev–Trinajstić information content (AvgIpc) is 2.98. The van der Waals surface area contributed by atoms with Gasteiger partial charge in [0.1, 0.15) is 18.3 Å². The highest BCUT2D eigenvalue weighted by Gasteiger charge is 2.25. The van der Waals surface area contributed by atoms with Gasteiger partial charge in [-0.3, -0.25) is 19.7 Å². The van der Waals surface area contributed by atoms with Crippen LogP contribution in [-0.4, -0.2) is 41.1 Å². The van der Waals surface area contributed by atoms with Crippen molar-refractivity contribution in [2.24, 2.45) is 5.73 Å². The van der Waals surface area contributed by atoms with Crippen molar-refractivity contribution in [3.05, 3.63) is 113 Å². The van der Waals surface area contributed by atoms with Gasteiger partial charge in [0.25, 0.3) is 5.56 Å². The van der Waals surface area contributed by atoms with Gasteiger partial charge < -0.3 is 25.1 Å². The normalized spacial score (nSPS) is 12.2. The van der Waals surface area contributed by atoms with E-state index in [1.807, 2.05) is 48.5 Å². The molecule has 1 aromatic heterocycles. The molecule has 4 N–H and O–H groups in total. The van der Waals surface area contributed by atoms with Crippen molar-refractivity contribution in [3.63, 3.8) is 0 Å². The maximum Gasteiger partial charge on any atom is 0.412 e. The molecule has 0 aliphatic heterocycles. The zero-order valence-corrected chi connectivity index (χ0v) is 23.2. The molecule has 0 aliphatic carbocycles. The SMILES string of the molecule is CCOC(=O)C=C[C@H](CCC(N)=O)NC(=O)[C@H](Cc1ccccc1)n1cccc(NC(=O)OCc2ccccc2)c1=O. The summed E-state index contributed by atoms with van der Waals surface area (Å²) < 4.78 is 11.4. The first kappa shape index (κ1) is 31.3. The second-order valence-electron chi connectivity index (χ2n) is 9.26. The van der Waals surface area contributed by atoms with Gasteiger partial charge in [-0.15, -0.1) is 0 Å². The van der Waals surface area contributed by atoms with Crippen molar-refractivity contribution < 1.29 is 28.7 Å². The second-order valence-corrected chi connectivity index (χ2v) is 9.26. The molecule has 1 heterocycles. The zero-order chi connectivity index (χ0) is 30.3. The molecule has 0 saturated heterocycles. The third-order valence-electron chi connectivity index (χ3n) is 6.11. The van der Waals surface area contributed by atoms with Gasteiger partial charge in [-0.1, -0.05) is 66.7 Å². The number of pyridine rings is 1. The Morgan fingerprint density at radius 3 is 2.24 bits per heavy atom. The Balaban J connectivity index is 1.85. The van der Waals surface area contributed by atoms with Gasteiger partial charge >= 0.3 is 12.1 Å². The van der Waals surface area contributed by atoms with Crippen molar-refractivity contribution in [1.29, 1.82) is 0 Å². The van der Waals surface area contributed by atoms with Crippen molar-refractivity contribution >= 4 is 29.6 Å². The van der Waals surface area contributed by atoms with E-state index >= 15 is 0 Å². The van der Waals surface area contributed by atoms with E-state index < -0.39 is 41.5 Å². The number of rotatable bonds is 14. The summed E-state index contributed by atoms with van der Waals surface area (Å²) in [5, 5.41) is 5.26. The van der Waals surface area contributed by atoms with Gasteiger partial charge in [0.05, 0.1) is 6.61 Å². The summed E-state index contributed by atoms with van der Waals surface area (Å²) in [6, 6.07) is 19.3. The number of amides is 3. The van der Waals surface area contributed by atoms with Gasteiger partial charge in [0.2, 0.25) is 11.8 Å². The van der Waals surface area contributed by atoms with Gasteiger partial charge in [-0.05, 0) is 36.6 Å². The van der Waals surface area contributed by atoms with E-state index in [4.69, 9.17) is 15.2 Å². The fourth-order valence-corrected chi connectivity index (χ4v) is 4.05. The van der Waals surface area contributed by atoms with E-state index in [0.717, 1.165) is 11.1 Å². The predicted molar refractivity (Wildman–Crippen MR) is 156 cm³/mol. The molecule has 0 aliphatic rings. The Morgan fingerprint density at radius 2 is 1.60 bits per heavy atom. The lowest BCUT2D eigenvalue weighted by Crippen LogP contribution is -2.43. The van der Waals surface area contributed by atoms with E-state index in [2.05, 4.69) is 10.6 Å². The van der Waals surface area contributed by atoms with Crippen LogP contribution in [0, 0.1) is 0 Å². The lowest BCUT2D eigenvalue weighted by atomic mass is 10.0. The number of anilines is 1. The molecule has 0 fully saturated rings. The molecule has 11 heteroatoms. The summed E-state index contributed by atoms with van der Waals surface area (Å²) >= 11 is 0.